The highest BCUT2D eigenvalue weighted by molar-refractivity contribution is 7.25. The van der Waals surface area contributed by atoms with Crippen LogP contribution in [-0.4, -0.2) is 102 Å². The second-order valence-electron chi connectivity index (χ2n) is 33.0. The van der Waals surface area contributed by atoms with Gasteiger partial charge in [-0.2, -0.15) is 44.9 Å². The summed E-state index contributed by atoms with van der Waals surface area (Å²) < 4.78 is 27.0. The molecular formula is C111H63N21O2S. The summed E-state index contributed by atoms with van der Waals surface area (Å²) in [5.74, 6) is 4.51. The molecule has 0 amide bonds. The van der Waals surface area contributed by atoms with Gasteiger partial charge in [0.25, 0.3) is 0 Å². The number of furan rings is 2. The van der Waals surface area contributed by atoms with E-state index < -0.39 is 0 Å². The molecule has 23 nitrogen and oxygen atoms in total. The molecule has 135 heavy (non-hydrogen) atoms. The zero-order valence-corrected chi connectivity index (χ0v) is 71.8. The SMILES string of the molecule is c1ccc2c(c1)oc1ccc(-c3nc(-n4c5ccccc5c5cccnc54)nc(-n4c5ccccc5c5cccnc54)n3)cc12.c1ccc2c(c1)oc1cccc(-c3nc(-n4c5ccccc5c5cccnc54)nc(-n4c5ccccc5c5cccnc54)n3)c12.c1ccc2c(c1)sc1cc(-c3nc(-n4c5ccccc5c5cccnc54)nc(-n4c5ccccc5c5cccnc54)n3)ccc12. The highest BCUT2D eigenvalue weighted by atomic mass is 32.1. The fraction of sp³-hybridized carbons (Fsp3) is 0. The Hall–Kier alpha value is -18.8. The minimum Gasteiger partial charge on any atom is -0.456 e. The van der Waals surface area contributed by atoms with E-state index in [4.69, 9.17) is 83.6 Å². The molecule has 0 unspecified atom stereocenters. The van der Waals surface area contributed by atoms with E-state index in [1.165, 1.54) is 20.2 Å². The standard InChI is InChI=1S/2C37H21N7O.C37H21N7S/c1-4-16-28-22(10-1)24-14-8-20-38-34(24)43(28)36-40-33(27-13-7-19-31-32(27)26-12-3-6-18-30(26)45-31)41-37(42-36)44-29-17-5-2-11-23(29)25-15-9-21-39-35(25)44;1-4-14-29-23(9-1)26-12-7-19-38-34(26)43(29)36-40-33(22-17-18-32-28(21-22)25-11-3-6-16-31(25)45-32)41-37(42-36)44-30-15-5-2-10-24(30)27-13-8-20-39-35(27)44;1-4-14-29-23(9-1)27-12-7-19-38-34(27)43(29)36-40-33(22-17-18-26-25-11-3-6-16-31(25)45-32(26)21-22)41-37(42-36)44-30-15-5-2-10-24(30)28-13-8-20-39-35(28)44/h3*1-21H. The van der Waals surface area contributed by atoms with Crippen LogP contribution in [0.5, 0.6) is 0 Å². The molecular weight excluding hydrogens is 1690 g/mol. The monoisotopic (exact) mass is 1750 g/mol. The third kappa shape index (κ3) is 11.8. The normalized spacial score (nSPS) is 12.0. The Balaban J connectivity index is 0.000000101. The second kappa shape index (κ2) is 29.9. The molecule has 0 N–H and O–H groups in total. The van der Waals surface area contributed by atoms with Crippen molar-refractivity contribution in [1.29, 1.82) is 0 Å². The maximum Gasteiger partial charge on any atom is 0.241 e. The second-order valence-corrected chi connectivity index (χ2v) is 34.1. The van der Waals surface area contributed by atoms with Crippen molar-refractivity contribution >= 4 is 207 Å². The molecule has 0 fully saturated rings. The van der Waals surface area contributed by atoms with E-state index in [1.807, 2.05) is 216 Å². The number of rotatable bonds is 9. The van der Waals surface area contributed by atoms with Crippen LogP contribution in [0.3, 0.4) is 0 Å². The Labute approximate surface area is 765 Å². The number of benzene rings is 12. The van der Waals surface area contributed by atoms with E-state index in [-0.39, 0.29) is 0 Å². The number of hydrogen-bond acceptors (Lipinski definition) is 18. The van der Waals surface area contributed by atoms with Gasteiger partial charge in [-0.1, -0.05) is 188 Å². The van der Waals surface area contributed by atoms with Crippen LogP contribution >= 0.6 is 11.3 Å². The van der Waals surface area contributed by atoms with Crippen LogP contribution in [0.2, 0.25) is 0 Å². The lowest BCUT2D eigenvalue weighted by atomic mass is 10.1. The number of thiophene rings is 1. The lowest BCUT2D eigenvalue weighted by molar-refractivity contribution is 0.668. The topological polar surface area (TPSA) is 249 Å². The molecule has 18 heterocycles. The van der Waals surface area contributed by atoms with Gasteiger partial charge >= 0.3 is 0 Å². The molecule has 0 bridgehead atoms. The van der Waals surface area contributed by atoms with Crippen LogP contribution in [-0.2, 0) is 0 Å². The summed E-state index contributed by atoms with van der Waals surface area (Å²) in [7, 11) is 0. The van der Waals surface area contributed by atoms with Crippen molar-refractivity contribution in [1.82, 2.24) is 102 Å². The summed E-state index contributed by atoms with van der Waals surface area (Å²) in [6, 6.07) is 117. The van der Waals surface area contributed by atoms with Gasteiger partial charge in [-0.25, -0.2) is 29.9 Å². The van der Waals surface area contributed by atoms with E-state index in [0.717, 1.165) is 192 Å². The Bertz CT molecular complexity index is 9480. The maximum atomic E-state index is 6.25. The molecule has 630 valence electrons. The Kier molecular flexibility index (Phi) is 16.6. The maximum absolute atomic E-state index is 6.25. The largest absolute Gasteiger partial charge is 0.456 e. The summed E-state index contributed by atoms with van der Waals surface area (Å²) in [5, 5.41) is 19.2. The highest BCUT2D eigenvalue weighted by Gasteiger charge is 2.29. The molecule has 18 aromatic heterocycles. The van der Waals surface area contributed by atoms with Crippen molar-refractivity contribution in [2.45, 2.75) is 0 Å². The Morgan fingerprint density at radius 2 is 0.467 bits per heavy atom. The predicted molar refractivity (Wildman–Crippen MR) is 536 cm³/mol. The molecule has 30 rings (SSSR count). The van der Waals surface area contributed by atoms with E-state index in [0.29, 0.717) is 53.2 Å². The smallest absolute Gasteiger partial charge is 0.241 e. The molecule has 30 aromatic rings. The van der Waals surface area contributed by atoms with Gasteiger partial charge in [0.2, 0.25) is 35.7 Å². The van der Waals surface area contributed by atoms with Crippen LogP contribution in [0.4, 0.5) is 0 Å². The molecule has 24 heteroatoms. The quantitative estimate of drug-likeness (QED) is 0.130. The van der Waals surface area contributed by atoms with Crippen molar-refractivity contribution in [3.05, 3.63) is 383 Å². The number of hydrogen-bond donors (Lipinski definition) is 0. The molecule has 12 aromatic carbocycles. The van der Waals surface area contributed by atoms with Gasteiger partial charge < -0.3 is 8.83 Å². The predicted octanol–water partition coefficient (Wildman–Crippen LogP) is 25.7. The first-order chi connectivity index (χ1) is 67.0. The van der Waals surface area contributed by atoms with E-state index in [2.05, 4.69) is 170 Å². The fourth-order valence-corrected chi connectivity index (χ4v) is 20.9. The van der Waals surface area contributed by atoms with Crippen LogP contribution < -0.4 is 0 Å². The molecule has 0 spiro atoms. The number of nitrogens with zero attached hydrogens (tertiary/aromatic N) is 21. The summed E-state index contributed by atoms with van der Waals surface area (Å²) in [6.07, 6.45) is 10.8. The van der Waals surface area contributed by atoms with Crippen molar-refractivity contribution < 1.29 is 8.83 Å². The van der Waals surface area contributed by atoms with E-state index >= 15 is 0 Å². The van der Waals surface area contributed by atoms with Gasteiger partial charge in [0, 0.05) is 160 Å². The molecule has 0 aliphatic rings. The summed E-state index contributed by atoms with van der Waals surface area (Å²) >= 11 is 1.78. The third-order valence-corrected chi connectivity index (χ3v) is 26.7. The number of para-hydroxylation sites is 8. The van der Waals surface area contributed by atoms with Crippen LogP contribution in [0.1, 0.15) is 0 Å². The molecule has 0 aliphatic heterocycles. The average Bonchev–Trinajstić information content (AvgIpc) is 1.58. The van der Waals surface area contributed by atoms with Gasteiger partial charge in [-0.15, -0.1) is 11.3 Å². The van der Waals surface area contributed by atoms with Gasteiger partial charge in [0.1, 0.15) is 56.2 Å². The van der Waals surface area contributed by atoms with Crippen molar-refractivity contribution in [3.63, 3.8) is 0 Å². The Morgan fingerprint density at radius 3 is 0.859 bits per heavy atom. The van der Waals surface area contributed by atoms with Crippen LogP contribution in [0, 0.1) is 0 Å². The lowest BCUT2D eigenvalue weighted by Gasteiger charge is -2.12. The number of aromatic nitrogens is 21. The van der Waals surface area contributed by atoms with Crippen molar-refractivity contribution in [2.75, 3.05) is 0 Å². The van der Waals surface area contributed by atoms with Gasteiger partial charge in [0.05, 0.1) is 33.1 Å². The molecule has 0 radical (unpaired) electrons. The lowest BCUT2D eigenvalue weighted by Crippen LogP contribution is -2.11. The van der Waals surface area contributed by atoms with Gasteiger partial charge in [0.15, 0.2) is 17.5 Å². The number of pyridine rings is 6. The van der Waals surface area contributed by atoms with Crippen LogP contribution in [0.25, 0.3) is 266 Å². The fourth-order valence-electron chi connectivity index (χ4n) is 19.7. The average molecular weight is 1750 g/mol. The first kappa shape index (κ1) is 75.2. The van der Waals surface area contributed by atoms with E-state index in [9.17, 15) is 0 Å². The molecule has 0 atom stereocenters. The van der Waals surface area contributed by atoms with Crippen molar-refractivity contribution in [3.8, 4) is 69.9 Å². The van der Waals surface area contributed by atoms with E-state index in [1.54, 1.807) is 36.1 Å². The molecule has 0 aliphatic carbocycles. The third-order valence-electron chi connectivity index (χ3n) is 25.6. The Morgan fingerprint density at radius 1 is 0.185 bits per heavy atom. The summed E-state index contributed by atoms with van der Waals surface area (Å²) in [6.45, 7) is 0. The minimum atomic E-state index is 0.464. The first-order valence-electron chi connectivity index (χ1n) is 44.1. The number of fused-ring (bicyclic) bond motifs is 27. The zero-order valence-electron chi connectivity index (χ0n) is 71.0. The summed E-state index contributed by atoms with van der Waals surface area (Å²) in [4.78, 5) is 75.2. The van der Waals surface area contributed by atoms with Crippen molar-refractivity contribution in [2.24, 2.45) is 0 Å². The zero-order chi connectivity index (χ0) is 88.5. The highest BCUT2D eigenvalue weighted by Crippen LogP contribution is 2.44. The molecule has 0 saturated heterocycles. The van der Waals surface area contributed by atoms with Crippen LogP contribution in [0.15, 0.2) is 392 Å². The first-order valence-corrected chi connectivity index (χ1v) is 44.9. The molecule has 0 saturated carbocycles. The summed E-state index contributed by atoms with van der Waals surface area (Å²) in [5.41, 5.74) is 16.4. The van der Waals surface area contributed by atoms with Gasteiger partial charge in [-0.3, -0.25) is 27.4 Å². The minimum absolute atomic E-state index is 0.464. The van der Waals surface area contributed by atoms with Gasteiger partial charge in [-0.05, 0) is 158 Å².